The summed E-state index contributed by atoms with van der Waals surface area (Å²) >= 11 is 0. The van der Waals surface area contributed by atoms with E-state index >= 15 is 0 Å². The molecule has 0 aliphatic carbocycles. The van der Waals surface area contributed by atoms with Gasteiger partial charge in [0.2, 0.25) is 10.0 Å². The Bertz CT molecular complexity index is 398. The Kier molecular flexibility index (Phi) is 4.88. The Hall–Kier alpha value is -0.950. The molecule has 16 heavy (non-hydrogen) atoms. The van der Waals surface area contributed by atoms with E-state index in [9.17, 15) is 8.42 Å². The molecule has 0 fully saturated rings. The molecular weight excluding hydrogens is 230 g/mol. The van der Waals surface area contributed by atoms with Crippen LogP contribution in [-0.4, -0.2) is 49.2 Å². The third-order valence-electron chi connectivity index (χ3n) is 2.00. The van der Waals surface area contributed by atoms with Crippen LogP contribution in [0.25, 0.3) is 0 Å². The summed E-state index contributed by atoms with van der Waals surface area (Å²) in [5.74, 6) is 0. The second-order valence-electron chi connectivity index (χ2n) is 3.08. The van der Waals surface area contributed by atoms with Crippen LogP contribution in [0.5, 0.6) is 0 Å². The van der Waals surface area contributed by atoms with Gasteiger partial charge in [0, 0.05) is 19.2 Å². The van der Waals surface area contributed by atoms with E-state index in [1.165, 1.54) is 12.1 Å². The molecule has 1 rings (SSSR count). The largest absolute Gasteiger partial charge is 0.395 e. The molecule has 0 saturated heterocycles. The predicted molar refractivity (Wildman–Crippen MR) is 58.2 cm³/mol. The average molecular weight is 244 g/mol. The Balaban J connectivity index is 2.98. The lowest BCUT2D eigenvalue weighted by Gasteiger charge is -2.19. The highest BCUT2D eigenvalue weighted by molar-refractivity contribution is 7.89. The number of aliphatic hydroxyl groups excluding tert-OH is 2. The van der Waals surface area contributed by atoms with E-state index in [-0.39, 0.29) is 31.2 Å². The number of aliphatic hydroxyl groups is 2. The standard InChI is InChI=1S/C10H14NO4S/c12-8-6-11(7-9-13)16(14,15)10-4-2-1-3-5-10/h1-4,12-13H,6-9H2. The molecule has 1 radical (unpaired) electrons. The molecule has 0 spiro atoms. The maximum Gasteiger partial charge on any atom is 0.243 e. The third kappa shape index (κ3) is 3.02. The van der Waals surface area contributed by atoms with E-state index in [1.807, 2.05) is 0 Å². The number of hydrogen-bond donors (Lipinski definition) is 2. The fourth-order valence-electron chi connectivity index (χ4n) is 1.25. The Morgan fingerprint density at radius 2 is 1.81 bits per heavy atom. The highest BCUT2D eigenvalue weighted by Gasteiger charge is 2.23. The maximum atomic E-state index is 12.0. The first-order valence-electron chi connectivity index (χ1n) is 4.81. The second-order valence-corrected chi connectivity index (χ2v) is 4.98. The minimum atomic E-state index is -3.67. The first-order chi connectivity index (χ1) is 7.62. The van der Waals surface area contributed by atoms with Crippen LogP contribution in [0.4, 0.5) is 0 Å². The van der Waals surface area contributed by atoms with Crippen LogP contribution in [0.1, 0.15) is 0 Å². The first kappa shape index (κ1) is 13.1. The minimum Gasteiger partial charge on any atom is -0.395 e. The zero-order chi connectivity index (χ0) is 12.0. The van der Waals surface area contributed by atoms with Gasteiger partial charge in [0.1, 0.15) is 0 Å². The molecule has 1 aromatic carbocycles. The number of benzene rings is 1. The van der Waals surface area contributed by atoms with Crippen molar-refractivity contribution in [3.63, 3.8) is 0 Å². The molecule has 1 aromatic rings. The summed E-state index contributed by atoms with van der Waals surface area (Å²) in [5.41, 5.74) is 0. The van der Waals surface area contributed by atoms with Crippen LogP contribution >= 0.6 is 0 Å². The van der Waals surface area contributed by atoms with Crippen molar-refractivity contribution in [2.45, 2.75) is 4.90 Å². The summed E-state index contributed by atoms with van der Waals surface area (Å²) in [6, 6.07) is 8.81. The summed E-state index contributed by atoms with van der Waals surface area (Å²) in [6.07, 6.45) is 0. The second kappa shape index (κ2) is 5.95. The number of sulfonamides is 1. The predicted octanol–water partition coefficient (Wildman–Crippen LogP) is -0.538. The molecule has 0 atom stereocenters. The molecule has 0 aromatic heterocycles. The van der Waals surface area contributed by atoms with Crippen molar-refractivity contribution in [2.75, 3.05) is 26.3 Å². The summed E-state index contributed by atoms with van der Waals surface area (Å²) in [7, 11) is -3.67. The number of rotatable bonds is 6. The van der Waals surface area contributed by atoms with Gasteiger partial charge >= 0.3 is 0 Å². The fourth-order valence-corrected chi connectivity index (χ4v) is 2.64. The molecule has 0 saturated carbocycles. The molecule has 89 valence electrons. The summed E-state index contributed by atoms with van der Waals surface area (Å²) in [4.78, 5) is 0.0388. The van der Waals surface area contributed by atoms with Gasteiger partial charge in [-0.3, -0.25) is 0 Å². The lowest BCUT2D eigenvalue weighted by Crippen LogP contribution is -2.35. The molecular formula is C10H14NO4S. The Morgan fingerprint density at radius 1 is 1.19 bits per heavy atom. The van der Waals surface area contributed by atoms with Crippen molar-refractivity contribution in [3.05, 3.63) is 30.3 Å². The van der Waals surface area contributed by atoms with Crippen LogP contribution in [-0.2, 0) is 10.0 Å². The molecule has 0 amide bonds. The van der Waals surface area contributed by atoms with E-state index < -0.39 is 10.0 Å². The Morgan fingerprint density at radius 3 is 2.25 bits per heavy atom. The van der Waals surface area contributed by atoms with Gasteiger partial charge < -0.3 is 10.2 Å². The maximum absolute atomic E-state index is 12.0. The zero-order valence-electron chi connectivity index (χ0n) is 8.70. The lowest BCUT2D eigenvalue weighted by atomic mass is 10.4. The summed E-state index contributed by atoms with van der Waals surface area (Å²) in [6.45, 7) is -0.643. The van der Waals surface area contributed by atoms with Crippen molar-refractivity contribution in [1.29, 1.82) is 0 Å². The highest BCUT2D eigenvalue weighted by atomic mass is 32.2. The number of nitrogens with zero attached hydrogens (tertiary/aromatic N) is 1. The van der Waals surface area contributed by atoms with Crippen LogP contribution in [0.15, 0.2) is 29.2 Å². The molecule has 5 nitrogen and oxygen atoms in total. The van der Waals surface area contributed by atoms with E-state index in [2.05, 4.69) is 6.07 Å². The van der Waals surface area contributed by atoms with Gasteiger partial charge in [-0.2, -0.15) is 4.31 Å². The monoisotopic (exact) mass is 244 g/mol. The molecule has 6 heteroatoms. The van der Waals surface area contributed by atoms with Crippen molar-refractivity contribution in [1.82, 2.24) is 4.31 Å². The molecule has 0 aliphatic heterocycles. The van der Waals surface area contributed by atoms with Crippen LogP contribution in [0.3, 0.4) is 0 Å². The van der Waals surface area contributed by atoms with Gasteiger partial charge in [0.15, 0.2) is 0 Å². The van der Waals surface area contributed by atoms with E-state index in [4.69, 9.17) is 10.2 Å². The smallest absolute Gasteiger partial charge is 0.243 e. The third-order valence-corrected chi connectivity index (χ3v) is 3.85. The fraction of sp³-hybridized carbons (Fsp3) is 0.400. The van der Waals surface area contributed by atoms with Crippen molar-refractivity contribution in [2.24, 2.45) is 0 Å². The van der Waals surface area contributed by atoms with Crippen molar-refractivity contribution >= 4 is 10.0 Å². The lowest BCUT2D eigenvalue weighted by molar-refractivity contribution is 0.217. The summed E-state index contributed by atoms with van der Waals surface area (Å²) in [5, 5.41) is 17.6. The molecule has 2 N–H and O–H groups in total. The summed E-state index contributed by atoms with van der Waals surface area (Å²) < 4.78 is 25.0. The highest BCUT2D eigenvalue weighted by Crippen LogP contribution is 2.13. The molecule has 0 heterocycles. The van der Waals surface area contributed by atoms with Gasteiger partial charge in [-0.25, -0.2) is 8.42 Å². The van der Waals surface area contributed by atoms with E-state index in [0.29, 0.717) is 0 Å². The van der Waals surface area contributed by atoms with E-state index in [0.717, 1.165) is 4.31 Å². The van der Waals surface area contributed by atoms with Crippen LogP contribution in [0, 0.1) is 6.07 Å². The van der Waals surface area contributed by atoms with Crippen LogP contribution in [0.2, 0.25) is 0 Å². The number of hydrogen-bond acceptors (Lipinski definition) is 4. The molecule has 0 unspecified atom stereocenters. The minimum absolute atomic E-state index is 0.0361. The van der Waals surface area contributed by atoms with E-state index in [1.54, 1.807) is 12.1 Å². The van der Waals surface area contributed by atoms with Gasteiger partial charge in [-0.05, 0) is 6.07 Å². The quantitative estimate of drug-likeness (QED) is 0.704. The molecule has 0 aliphatic rings. The average Bonchev–Trinajstić information content (AvgIpc) is 2.30. The SMILES string of the molecule is O=S(=O)(c1[c]cccc1)N(CCO)CCO. The topological polar surface area (TPSA) is 77.8 Å². The van der Waals surface area contributed by atoms with Gasteiger partial charge in [-0.1, -0.05) is 18.2 Å². The van der Waals surface area contributed by atoms with Gasteiger partial charge in [0.05, 0.1) is 18.1 Å². The first-order valence-corrected chi connectivity index (χ1v) is 6.25. The normalized spacial score (nSPS) is 11.9. The Labute approximate surface area is 95.0 Å². The zero-order valence-corrected chi connectivity index (χ0v) is 9.52. The van der Waals surface area contributed by atoms with Gasteiger partial charge in [-0.15, -0.1) is 0 Å². The molecule has 0 bridgehead atoms. The van der Waals surface area contributed by atoms with Crippen LogP contribution < -0.4 is 0 Å². The van der Waals surface area contributed by atoms with Gasteiger partial charge in [0.25, 0.3) is 0 Å². The van der Waals surface area contributed by atoms with Crippen molar-refractivity contribution < 1.29 is 18.6 Å². The van der Waals surface area contributed by atoms with Crippen molar-refractivity contribution in [3.8, 4) is 0 Å².